The summed E-state index contributed by atoms with van der Waals surface area (Å²) in [5.74, 6) is 0.658. The number of aryl methyl sites for hydroxylation is 2. The monoisotopic (exact) mass is 257 g/mol. The van der Waals surface area contributed by atoms with E-state index in [0.717, 1.165) is 29.2 Å². The summed E-state index contributed by atoms with van der Waals surface area (Å²) in [6, 6.07) is 2.26. The van der Waals surface area contributed by atoms with Crippen LogP contribution in [0.3, 0.4) is 0 Å². The van der Waals surface area contributed by atoms with Crippen LogP contribution in [0.25, 0.3) is 11.5 Å². The standard InChI is InChI=1S/C14H19N5/c1-9(2)16-7-12-10(3)18-14(19-11(12)4)13-5-6-15-8-17-13/h5-6,8-9,16H,7H2,1-4H3. The molecule has 0 aliphatic carbocycles. The maximum Gasteiger partial charge on any atom is 0.178 e. The van der Waals surface area contributed by atoms with Crippen LogP contribution in [-0.4, -0.2) is 26.0 Å². The van der Waals surface area contributed by atoms with Crippen LogP contribution in [0.4, 0.5) is 0 Å². The molecule has 0 atom stereocenters. The van der Waals surface area contributed by atoms with Crippen LogP contribution in [-0.2, 0) is 6.54 Å². The molecule has 1 N–H and O–H groups in total. The third-order valence-corrected chi connectivity index (χ3v) is 2.92. The van der Waals surface area contributed by atoms with E-state index < -0.39 is 0 Å². The summed E-state index contributed by atoms with van der Waals surface area (Å²) in [5, 5.41) is 3.40. The van der Waals surface area contributed by atoms with Crippen molar-refractivity contribution in [1.82, 2.24) is 25.3 Å². The lowest BCUT2D eigenvalue weighted by Gasteiger charge is -2.13. The number of hydrogen-bond donors (Lipinski definition) is 1. The zero-order valence-electron chi connectivity index (χ0n) is 11.8. The fourth-order valence-electron chi connectivity index (χ4n) is 1.84. The van der Waals surface area contributed by atoms with Gasteiger partial charge >= 0.3 is 0 Å². The molecule has 0 radical (unpaired) electrons. The molecule has 0 fully saturated rings. The van der Waals surface area contributed by atoms with Crippen LogP contribution in [0.2, 0.25) is 0 Å². The van der Waals surface area contributed by atoms with Crippen LogP contribution in [0.15, 0.2) is 18.6 Å². The first-order valence-electron chi connectivity index (χ1n) is 6.42. The van der Waals surface area contributed by atoms with Crippen molar-refractivity contribution in [1.29, 1.82) is 0 Å². The first-order chi connectivity index (χ1) is 9.08. The molecule has 0 unspecified atom stereocenters. The van der Waals surface area contributed by atoms with Crippen LogP contribution >= 0.6 is 0 Å². The van der Waals surface area contributed by atoms with Crippen molar-refractivity contribution in [2.45, 2.75) is 40.3 Å². The Balaban J connectivity index is 2.32. The second-order valence-corrected chi connectivity index (χ2v) is 4.83. The van der Waals surface area contributed by atoms with E-state index in [2.05, 4.69) is 39.1 Å². The van der Waals surface area contributed by atoms with E-state index in [9.17, 15) is 0 Å². The first-order valence-corrected chi connectivity index (χ1v) is 6.42. The van der Waals surface area contributed by atoms with E-state index in [1.54, 1.807) is 6.20 Å². The second-order valence-electron chi connectivity index (χ2n) is 4.83. The lowest BCUT2D eigenvalue weighted by Crippen LogP contribution is -2.23. The smallest absolute Gasteiger partial charge is 0.178 e. The quantitative estimate of drug-likeness (QED) is 0.908. The summed E-state index contributed by atoms with van der Waals surface area (Å²) < 4.78 is 0. The third kappa shape index (κ3) is 3.32. The molecule has 2 heterocycles. The molecule has 5 heteroatoms. The maximum atomic E-state index is 4.54. The van der Waals surface area contributed by atoms with Gasteiger partial charge in [0.05, 0.1) is 0 Å². The first kappa shape index (κ1) is 13.5. The molecular formula is C14H19N5. The molecule has 0 spiro atoms. The van der Waals surface area contributed by atoms with Crippen molar-refractivity contribution in [3.63, 3.8) is 0 Å². The van der Waals surface area contributed by atoms with E-state index in [0.29, 0.717) is 11.9 Å². The zero-order valence-corrected chi connectivity index (χ0v) is 11.8. The van der Waals surface area contributed by atoms with E-state index >= 15 is 0 Å². The van der Waals surface area contributed by atoms with Gasteiger partial charge in [0.2, 0.25) is 0 Å². The Morgan fingerprint density at radius 1 is 1.16 bits per heavy atom. The van der Waals surface area contributed by atoms with Gasteiger partial charge in [-0.1, -0.05) is 13.8 Å². The van der Waals surface area contributed by atoms with Gasteiger partial charge in [-0.25, -0.2) is 19.9 Å². The van der Waals surface area contributed by atoms with Crippen molar-refractivity contribution in [3.05, 3.63) is 35.5 Å². The Bertz CT molecular complexity index is 528. The van der Waals surface area contributed by atoms with Gasteiger partial charge in [-0.05, 0) is 19.9 Å². The SMILES string of the molecule is Cc1nc(-c2ccncn2)nc(C)c1CNC(C)C. The van der Waals surface area contributed by atoms with Crippen LogP contribution in [0, 0.1) is 13.8 Å². The molecule has 0 saturated carbocycles. The largest absolute Gasteiger partial charge is 0.310 e. The summed E-state index contributed by atoms with van der Waals surface area (Å²) in [6.07, 6.45) is 3.21. The van der Waals surface area contributed by atoms with Crippen molar-refractivity contribution in [2.24, 2.45) is 0 Å². The lowest BCUT2D eigenvalue weighted by molar-refractivity contribution is 0.583. The molecular weight excluding hydrogens is 238 g/mol. The summed E-state index contributed by atoms with van der Waals surface area (Å²) >= 11 is 0. The highest BCUT2D eigenvalue weighted by molar-refractivity contribution is 5.49. The minimum absolute atomic E-state index is 0.445. The van der Waals surface area contributed by atoms with Crippen molar-refractivity contribution < 1.29 is 0 Å². The van der Waals surface area contributed by atoms with Gasteiger partial charge in [-0.2, -0.15) is 0 Å². The second kappa shape index (κ2) is 5.84. The van der Waals surface area contributed by atoms with Crippen molar-refractivity contribution >= 4 is 0 Å². The topological polar surface area (TPSA) is 63.6 Å². The summed E-state index contributed by atoms with van der Waals surface area (Å²) in [6.45, 7) is 9.06. The molecule has 0 aromatic carbocycles. The molecule has 2 aromatic heterocycles. The van der Waals surface area contributed by atoms with Gasteiger partial charge in [0.1, 0.15) is 12.0 Å². The van der Waals surface area contributed by atoms with E-state index in [4.69, 9.17) is 0 Å². The Kier molecular flexibility index (Phi) is 4.16. The maximum absolute atomic E-state index is 4.54. The predicted octanol–water partition coefficient (Wildman–Crippen LogP) is 2.05. The predicted molar refractivity (Wildman–Crippen MR) is 74.5 cm³/mol. The molecule has 100 valence electrons. The Hall–Kier alpha value is -1.88. The van der Waals surface area contributed by atoms with E-state index in [-0.39, 0.29) is 0 Å². The Morgan fingerprint density at radius 2 is 1.84 bits per heavy atom. The third-order valence-electron chi connectivity index (χ3n) is 2.92. The molecule has 0 aliphatic rings. The number of rotatable bonds is 4. The summed E-state index contributed by atoms with van der Waals surface area (Å²) in [7, 11) is 0. The molecule has 0 amide bonds. The molecule has 0 saturated heterocycles. The number of nitrogens with zero attached hydrogens (tertiary/aromatic N) is 4. The van der Waals surface area contributed by atoms with E-state index in [1.807, 2.05) is 19.9 Å². The summed E-state index contributed by atoms with van der Waals surface area (Å²) in [5.41, 5.74) is 3.90. The molecule has 19 heavy (non-hydrogen) atoms. The zero-order chi connectivity index (χ0) is 13.8. The fraction of sp³-hybridized carbons (Fsp3) is 0.429. The Labute approximate surface area is 113 Å². The van der Waals surface area contributed by atoms with Crippen molar-refractivity contribution in [2.75, 3.05) is 0 Å². The van der Waals surface area contributed by atoms with Gasteiger partial charge in [0, 0.05) is 35.7 Å². The minimum atomic E-state index is 0.445. The van der Waals surface area contributed by atoms with Gasteiger partial charge in [-0.3, -0.25) is 0 Å². The lowest BCUT2D eigenvalue weighted by atomic mass is 10.1. The molecule has 2 rings (SSSR count). The summed E-state index contributed by atoms with van der Waals surface area (Å²) in [4.78, 5) is 17.2. The molecule has 2 aromatic rings. The van der Waals surface area contributed by atoms with Crippen molar-refractivity contribution in [3.8, 4) is 11.5 Å². The van der Waals surface area contributed by atoms with Crippen LogP contribution < -0.4 is 5.32 Å². The van der Waals surface area contributed by atoms with Gasteiger partial charge in [-0.15, -0.1) is 0 Å². The normalized spacial score (nSPS) is 11.0. The van der Waals surface area contributed by atoms with Gasteiger partial charge in [0.15, 0.2) is 5.82 Å². The fourth-order valence-corrected chi connectivity index (χ4v) is 1.84. The van der Waals surface area contributed by atoms with Crippen LogP contribution in [0.1, 0.15) is 30.8 Å². The highest BCUT2D eigenvalue weighted by Crippen LogP contribution is 2.16. The highest BCUT2D eigenvalue weighted by atomic mass is 15.0. The molecule has 0 bridgehead atoms. The van der Waals surface area contributed by atoms with Gasteiger partial charge < -0.3 is 5.32 Å². The average Bonchev–Trinajstić information content (AvgIpc) is 2.38. The highest BCUT2D eigenvalue weighted by Gasteiger charge is 2.10. The molecule has 5 nitrogen and oxygen atoms in total. The van der Waals surface area contributed by atoms with Crippen LogP contribution in [0.5, 0.6) is 0 Å². The number of nitrogens with one attached hydrogen (secondary N) is 1. The van der Waals surface area contributed by atoms with E-state index in [1.165, 1.54) is 6.33 Å². The Morgan fingerprint density at radius 3 is 2.37 bits per heavy atom. The minimum Gasteiger partial charge on any atom is -0.310 e. The average molecular weight is 257 g/mol. The van der Waals surface area contributed by atoms with Gasteiger partial charge in [0.25, 0.3) is 0 Å². The number of hydrogen-bond acceptors (Lipinski definition) is 5. The molecule has 0 aliphatic heterocycles. The number of aromatic nitrogens is 4.